The number of non-ortho nitro benzene ring substituents is 1. The highest BCUT2D eigenvalue weighted by atomic mass is 32.1. The number of hydrogen-bond donors (Lipinski definition) is 0. The molecule has 6 heteroatoms. The maximum absolute atomic E-state index is 10.8. The van der Waals surface area contributed by atoms with Gasteiger partial charge in [0, 0.05) is 23.7 Å². The van der Waals surface area contributed by atoms with Crippen LogP contribution in [0.4, 0.5) is 5.69 Å². The summed E-state index contributed by atoms with van der Waals surface area (Å²) in [6, 6.07) is 14.7. The fourth-order valence-electron chi connectivity index (χ4n) is 2.48. The van der Waals surface area contributed by atoms with E-state index in [1.807, 2.05) is 36.4 Å². The van der Waals surface area contributed by atoms with Crippen molar-refractivity contribution in [1.29, 1.82) is 0 Å². The Balaban J connectivity index is 1.66. The Morgan fingerprint density at radius 2 is 1.96 bits per heavy atom. The predicted octanol–water partition coefficient (Wildman–Crippen LogP) is 4.92. The lowest BCUT2D eigenvalue weighted by Crippen LogP contribution is -1.86. The van der Waals surface area contributed by atoms with Crippen LogP contribution in [0.3, 0.4) is 0 Å². The first-order chi connectivity index (χ1) is 11.7. The number of nitrogens with zero attached hydrogens (tertiary/aromatic N) is 3. The number of thiazole rings is 1. The predicted molar refractivity (Wildman–Crippen MR) is 96.9 cm³/mol. The lowest BCUT2D eigenvalue weighted by Gasteiger charge is -1.97. The van der Waals surface area contributed by atoms with Gasteiger partial charge >= 0.3 is 0 Å². The number of nitro benzene ring substituents is 1. The smallest absolute Gasteiger partial charge is 0.258 e. The zero-order chi connectivity index (χ0) is 16.5. The SMILES string of the molecule is O=[N+]([O-])c1ccc2sc(/C=C/c3ccc4ncccc4c3)nc2c1. The summed E-state index contributed by atoms with van der Waals surface area (Å²) in [4.78, 5) is 19.2. The molecule has 5 nitrogen and oxygen atoms in total. The van der Waals surface area contributed by atoms with E-state index in [1.165, 1.54) is 23.5 Å². The van der Waals surface area contributed by atoms with Gasteiger partial charge in [-0.2, -0.15) is 0 Å². The molecule has 2 aromatic heterocycles. The number of hydrogen-bond acceptors (Lipinski definition) is 5. The Hall–Kier alpha value is -3.12. The number of fused-ring (bicyclic) bond motifs is 2. The number of pyridine rings is 1. The van der Waals surface area contributed by atoms with Crippen LogP contribution in [0.1, 0.15) is 10.6 Å². The van der Waals surface area contributed by atoms with Crippen LogP contribution < -0.4 is 0 Å². The van der Waals surface area contributed by atoms with Gasteiger partial charge in [-0.1, -0.05) is 18.2 Å². The molecule has 4 rings (SSSR count). The summed E-state index contributed by atoms with van der Waals surface area (Å²) in [6.45, 7) is 0. The Labute approximate surface area is 141 Å². The van der Waals surface area contributed by atoms with Crippen LogP contribution >= 0.6 is 11.3 Å². The molecule has 0 fully saturated rings. The second-order valence-electron chi connectivity index (χ2n) is 5.25. The van der Waals surface area contributed by atoms with Crippen molar-refractivity contribution < 1.29 is 4.92 Å². The second kappa shape index (κ2) is 5.82. The van der Waals surface area contributed by atoms with Gasteiger partial charge < -0.3 is 0 Å². The summed E-state index contributed by atoms with van der Waals surface area (Å²) >= 11 is 1.51. The maximum Gasteiger partial charge on any atom is 0.271 e. The third-order valence-electron chi connectivity index (χ3n) is 3.64. The highest BCUT2D eigenvalue weighted by Crippen LogP contribution is 2.27. The zero-order valence-corrected chi connectivity index (χ0v) is 13.2. The minimum atomic E-state index is -0.405. The van der Waals surface area contributed by atoms with Crippen LogP contribution in [0, 0.1) is 10.1 Å². The number of rotatable bonds is 3. The van der Waals surface area contributed by atoms with E-state index in [9.17, 15) is 10.1 Å². The average Bonchev–Trinajstić information content (AvgIpc) is 3.01. The molecule has 0 aliphatic heterocycles. The van der Waals surface area contributed by atoms with Gasteiger partial charge in [-0.25, -0.2) is 4.98 Å². The van der Waals surface area contributed by atoms with E-state index in [2.05, 4.69) is 16.0 Å². The molecule has 24 heavy (non-hydrogen) atoms. The molecule has 0 aliphatic carbocycles. The Morgan fingerprint density at radius 3 is 2.83 bits per heavy atom. The van der Waals surface area contributed by atoms with Crippen molar-refractivity contribution in [2.24, 2.45) is 0 Å². The fourth-order valence-corrected chi connectivity index (χ4v) is 3.33. The topological polar surface area (TPSA) is 68.9 Å². The van der Waals surface area contributed by atoms with Crippen molar-refractivity contribution in [2.45, 2.75) is 0 Å². The standard InChI is InChI=1S/C18H11N3O2S/c22-21(23)14-5-7-17-16(11-14)20-18(24-17)8-4-12-3-6-15-13(10-12)2-1-9-19-15/h1-11H/b8-4+. The van der Waals surface area contributed by atoms with Crippen molar-refractivity contribution in [1.82, 2.24) is 9.97 Å². The Morgan fingerprint density at radius 1 is 1.04 bits per heavy atom. The first-order valence-corrected chi connectivity index (χ1v) is 8.08. The van der Waals surface area contributed by atoms with Crippen LogP contribution in [-0.2, 0) is 0 Å². The Bertz CT molecular complexity index is 1100. The van der Waals surface area contributed by atoms with Crippen LogP contribution in [-0.4, -0.2) is 14.9 Å². The van der Waals surface area contributed by atoms with Crippen molar-refractivity contribution in [3.63, 3.8) is 0 Å². The molecule has 0 N–H and O–H groups in total. The van der Waals surface area contributed by atoms with Gasteiger partial charge in [0.05, 0.1) is 20.7 Å². The van der Waals surface area contributed by atoms with Crippen LogP contribution in [0.2, 0.25) is 0 Å². The molecule has 0 saturated heterocycles. The van der Waals surface area contributed by atoms with E-state index in [4.69, 9.17) is 0 Å². The third kappa shape index (κ3) is 2.75. The quantitative estimate of drug-likeness (QED) is 0.394. The summed E-state index contributed by atoms with van der Waals surface area (Å²) in [5.74, 6) is 0. The van der Waals surface area contributed by atoms with Gasteiger partial charge in [0.2, 0.25) is 0 Å². The molecule has 0 amide bonds. The van der Waals surface area contributed by atoms with Crippen molar-refractivity contribution in [2.75, 3.05) is 0 Å². The zero-order valence-electron chi connectivity index (χ0n) is 12.4. The molecule has 4 aromatic rings. The molecule has 2 heterocycles. The number of benzene rings is 2. The molecule has 0 spiro atoms. The van der Waals surface area contributed by atoms with Gasteiger partial charge in [0.15, 0.2) is 0 Å². The van der Waals surface area contributed by atoms with Gasteiger partial charge in [0.25, 0.3) is 5.69 Å². The highest BCUT2D eigenvalue weighted by molar-refractivity contribution is 7.19. The molecule has 0 unspecified atom stereocenters. The van der Waals surface area contributed by atoms with Crippen LogP contribution in [0.25, 0.3) is 33.3 Å². The average molecular weight is 333 g/mol. The number of aromatic nitrogens is 2. The summed E-state index contributed by atoms with van der Waals surface area (Å²) in [7, 11) is 0. The minimum absolute atomic E-state index is 0.0605. The lowest BCUT2D eigenvalue weighted by atomic mass is 10.1. The summed E-state index contributed by atoms with van der Waals surface area (Å²) in [5, 5.41) is 12.7. The van der Waals surface area contributed by atoms with Gasteiger partial charge in [0.1, 0.15) is 5.01 Å². The van der Waals surface area contributed by atoms with Crippen molar-refractivity contribution in [3.8, 4) is 0 Å². The Kier molecular flexibility index (Phi) is 3.51. The molecule has 0 bridgehead atoms. The molecule has 0 saturated carbocycles. The fraction of sp³-hybridized carbons (Fsp3) is 0. The second-order valence-corrected chi connectivity index (χ2v) is 6.31. The normalized spacial score (nSPS) is 11.5. The molecular weight excluding hydrogens is 322 g/mol. The number of nitro groups is 1. The molecule has 2 aromatic carbocycles. The van der Waals surface area contributed by atoms with Gasteiger partial charge in [-0.15, -0.1) is 11.3 Å². The van der Waals surface area contributed by atoms with E-state index in [0.717, 1.165) is 26.2 Å². The monoisotopic (exact) mass is 333 g/mol. The summed E-state index contributed by atoms with van der Waals surface area (Å²) in [5.41, 5.74) is 2.73. The molecule has 116 valence electrons. The highest BCUT2D eigenvalue weighted by Gasteiger charge is 2.09. The van der Waals surface area contributed by atoms with E-state index in [1.54, 1.807) is 12.3 Å². The first-order valence-electron chi connectivity index (χ1n) is 7.27. The lowest BCUT2D eigenvalue weighted by molar-refractivity contribution is -0.384. The van der Waals surface area contributed by atoms with E-state index >= 15 is 0 Å². The molecular formula is C18H11N3O2S. The molecule has 0 radical (unpaired) electrons. The van der Waals surface area contributed by atoms with Crippen LogP contribution in [0.15, 0.2) is 54.7 Å². The van der Waals surface area contributed by atoms with Crippen molar-refractivity contribution >= 4 is 50.3 Å². The molecule has 0 aliphatic rings. The van der Waals surface area contributed by atoms with Crippen LogP contribution in [0.5, 0.6) is 0 Å². The largest absolute Gasteiger partial charge is 0.271 e. The van der Waals surface area contributed by atoms with E-state index in [0.29, 0.717) is 5.52 Å². The molecule has 0 atom stereocenters. The van der Waals surface area contributed by atoms with Gasteiger partial charge in [-0.3, -0.25) is 15.1 Å². The third-order valence-corrected chi connectivity index (χ3v) is 4.65. The van der Waals surface area contributed by atoms with Crippen molar-refractivity contribution in [3.05, 3.63) is 75.4 Å². The van der Waals surface area contributed by atoms with E-state index < -0.39 is 4.92 Å². The minimum Gasteiger partial charge on any atom is -0.258 e. The first kappa shape index (κ1) is 14.5. The summed E-state index contributed by atoms with van der Waals surface area (Å²) in [6.07, 6.45) is 5.69. The van der Waals surface area contributed by atoms with Gasteiger partial charge in [-0.05, 0) is 35.9 Å². The van der Waals surface area contributed by atoms with E-state index in [-0.39, 0.29) is 5.69 Å². The maximum atomic E-state index is 10.8. The summed E-state index contributed by atoms with van der Waals surface area (Å²) < 4.78 is 0.933.